The third-order valence-electron chi connectivity index (χ3n) is 5.11. The van der Waals surface area contributed by atoms with Crippen LogP contribution in [0.4, 0.5) is 0 Å². The zero-order chi connectivity index (χ0) is 21.8. The molecule has 0 N–H and O–H groups in total. The van der Waals surface area contributed by atoms with E-state index in [4.69, 9.17) is 12.1 Å². The summed E-state index contributed by atoms with van der Waals surface area (Å²) < 4.78 is 22.9. The van der Waals surface area contributed by atoms with Gasteiger partial charge in [0.25, 0.3) is 0 Å². The molecule has 0 amide bonds. The molecule has 0 aliphatic heterocycles. The van der Waals surface area contributed by atoms with E-state index in [-0.39, 0.29) is 17.6 Å². The van der Waals surface area contributed by atoms with E-state index in [1.54, 1.807) is 0 Å². The van der Waals surface area contributed by atoms with Crippen molar-refractivity contribution in [2.45, 2.75) is 26.2 Å². The number of hydrogen-bond donors (Lipinski definition) is 0. The minimum absolute atomic E-state index is 0.0689. The molecule has 0 fully saturated rings. The van der Waals surface area contributed by atoms with Gasteiger partial charge in [-0.05, 0) is 17.7 Å². The van der Waals surface area contributed by atoms with Crippen LogP contribution in [0.3, 0.4) is 0 Å². The van der Waals surface area contributed by atoms with Gasteiger partial charge in [0.15, 0.2) is 5.82 Å². The fourth-order valence-corrected chi connectivity index (χ4v) is 3.61. The molecule has 0 bridgehead atoms. The van der Waals surface area contributed by atoms with Crippen LogP contribution in [0.2, 0.25) is 0 Å². The van der Waals surface area contributed by atoms with Crippen LogP contribution in [0.1, 0.15) is 29.2 Å². The molecule has 0 aliphatic rings. The van der Waals surface area contributed by atoms with E-state index >= 15 is 0 Å². The van der Waals surface area contributed by atoms with Crippen LogP contribution in [0.5, 0.6) is 0 Å². The minimum Gasteiger partial charge on any atom is -0.455 e. The fraction of sp³-hybridized carbons (Fsp3) is 0.154. The summed E-state index contributed by atoms with van der Waals surface area (Å²) in [6.07, 6.45) is -0.0759. The lowest BCUT2D eigenvalue weighted by Gasteiger charge is -2.17. The Morgan fingerprint density at radius 1 is 0.793 bits per heavy atom. The van der Waals surface area contributed by atoms with E-state index in [2.05, 4.69) is 29.2 Å². The highest BCUT2D eigenvalue weighted by Gasteiger charge is 2.19. The molecule has 0 saturated heterocycles. The van der Waals surface area contributed by atoms with Gasteiger partial charge in [-0.1, -0.05) is 81.4 Å². The molecule has 3 nitrogen and oxygen atoms in total. The Kier molecular flexibility index (Phi) is 3.50. The summed E-state index contributed by atoms with van der Waals surface area (Å²) in [4.78, 5) is 9.02. The number of para-hydroxylation sites is 2. The number of furan rings is 1. The lowest BCUT2D eigenvalue weighted by Crippen LogP contribution is -2.14. The Morgan fingerprint density at radius 2 is 1.45 bits per heavy atom. The zero-order valence-corrected chi connectivity index (χ0v) is 16.7. The highest BCUT2D eigenvalue weighted by molar-refractivity contribution is 6.12. The van der Waals surface area contributed by atoms with Gasteiger partial charge < -0.3 is 4.42 Å². The molecule has 2 aromatic heterocycles. The summed E-state index contributed by atoms with van der Waals surface area (Å²) in [5.74, 6) is 0.414. The monoisotopic (exact) mass is 380 g/mol. The zero-order valence-electron chi connectivity index (χ0n) is 18.7. The second-order valence-corrected chi connectivity index (χ2v) is 8.22. The lowest BCUT2D eigenvalue weighted by atomic mass is 9.92. The maximum atomic E-state index is 8.25. The highest BCUT2D eigenvalue weighted by Crippen LogP contribution is 2.39. The van der Waals surface area contributed by atoms with Gasteiger partial charge in [-0.25, -0.2) is 9.97 Å². The molecule has 0 radical (unpaired) electrons. The SMILES string of the molecule is [2H]c1nc(-c2cccc3c2oc2c(-c4ccccc4)cccc23)nc(C(C)(C)C)c1[2H]. The Hall–Kier alpha value is -3.46. The van der Waals surface area contributed by atoms with Crippen LogP contribution in [0, 0.1) is 0 Å². The third kappa shape index (κ3) is 2.99. The van der Waals surface area contributed by atoms with E-state index in [0.717, 1.165) is 33.0 Å². The average Bonchev–Trinajstić information content (AvgIpc) is 3.14. The maximum Gasteiger partial charge on any atom is 0.163 e. The summed E-state index contributed by atoms with van der Waals surface area (Å²) in [6, 6.07) is 22.3. The molecular formula is C26H22N2O. The summed E-state index contributed by atoms with van der Waals surface area (Å²) >= 11 is 0. The van der Waals surface area contributed by atoms with Crippen LogP contribution in [-0.2, 0) is 5.41 Å². The van der Waals surface area contributed by atoms with Crippen molar-refractivity contribution in [3.8, 4) is 22.5 Å². The van der Waals surface area contributed by atoms with Crippen molar-refractivity contribution in [2.24, 2.45) is 0 Å². The van der Waals surface area contributed by atoms with E-state index in [1.807, 2.05) is 63.2 Å². The normalized spacial score (nSPS) is 12.9. The maximum absolute atomic E-state index is 8.25. The quantitative estimate of drug-likeness (QED) is 0.331. The molecule has 0 unspecified atom stereocenters. The predicted octanol–water partition coefficient (Wildman–Crippen LogP) is 7.01. The molecule has 0 atom stereocenters. The smallest absolute Gasteiger partial charge is 0.163 e. The standard InChI is InChI=1S/C26H22N2O/c1-26(2,3)22-15-16-27-25(28-22)21-14-8-13-20-19-12-7-11-18(23(19)29-24(20)21)17-9-5-4-6-10-17/h4-16H,1-3H3/i15D,16D. The van der Waals surface area contributed by atoms with Crippen LogP contribution in [-0.4, -0.2) is 9.97 Å². The fourth-order valence-electron chi connectivity index (χ4n) is 3.61. The molecule has 0 spiro atoms. The van der Waals surface area contributed by atoms with Crippen molar-refractivity contribution in [2.75, 3.05) is 0 Å². The highest BCUT2D eigenvalue weighted by atomic mass is 16.3. The second-order valence-electron chi connectivity index (χ2n) is 8.22. The van der Waals surface area contributed by atoms with Gasteiger partial charge in [-0.2, -0.15) is 0 Å². The van der Waals surface area contributed by atoms with Crippen LogP contribution >= 0.6 is 0 Å². The first-order valence-electron chi connectivity index (χ1n) is 10.7. The van der Waals surface area contributed by atoms with Gasteiger partial charge in [0.05, 0.1) is 8.30 Å². The molecule has 29 heavy (non-hydrogen) atoms. The number of hydrogen-bond acceptors (Lipinski definition) is 3. The van der Waals surface area contributed by atoms with Gasteiger partial charge in [0.1, 0.15) is 11.2 Å². The second kappa shape index (κ2) is 6.56. The molecule has 3 heteroatoms. The number of aromatic nitrogens is 2. The first-order chi connectivity index (χ1) is 14.8. The van der Waals surface area contributed by atoms with Crippen LogP contribution < -0.4 is 0 Å². The summed E-state index contributed by atoms with van der Waals surface area (Å²) in [5.41, 5.74) is 4.54. The van der Waals surface area contributed by atoms with Crippen molar-refractivity contribution in [1.82, 2.24) is 9.97 Å². The van der Waals surface area contributed by atoms with Gasteiger partial charge in [-0.15, -0.1) is 0 Å². The van der Waals surface area contributed by atoms with Crippen LogP contribution in [0.25, 0.3) is 44.5 Å². The molecule has 5 aromatic rings. The molecular weight excluding hydrogens is 356 g/mol. The number of rotatable bonds is 2. The summed E-state index contributed by atoms with van der Waals surface area (Å²) in [7, 11) is 0. The molecule has 3 aromatic carbocycles. The van der Waals surface area contributed by atoms with E-state index in [9.17, 15) is 0 Å². The van der Waals surface area contributed by atoms with Crippen molar-refractivity contribution in [3.05, 3.63) is 84.6 Å². The van der Waals surface area contributed by atoms with Crippen LogP contribution in [0.15, 0.2) is 83.4 Å². The number of fused-ring (bicyclic) bond motifs is 3. The third-order valence-corrected chi connectivity index (χ3v) is 5.11. The Bertz CT molecular complexity index is 1430. The largest absolute Gasteiger partial charge is 0.455 e. The van der Waals surface area contributed by atoms with Crippen molar-refractivity contribution in [3.63, 3.8) is 0 Å². The van der Waals surface area contributed by atoms with Gasteiger partial charge in [-0.3, -0.25) is 0 Å². The molecule has 2 heterocycles. The Morgan fingerprint density at radius 3 is 2.14 bits per heavy atom. The number of nitrogens with zero attached hydrogens (tertiary/aromatic N) is 2. The molecule has 5 rings (SSSR count). The van der Waals surface area contributed by atoms with Gasteiger partial charge in [0.2, 0.25) is 0 Å². The first-order valence-corrected chi connectivity index (χ1v) is 9.70. The van der Waals surface area contributed by atoms with Gasteiger partial charge in [0, 0.05) is 33.6 Å². The van der Waals surface area contributed by atoms with E-state index in [0.29, 0.717) is 17.1 Å². The van der Waals surface area contributed by atoms with E-state index in [1.165, 1.54) is 0 Å². The van der Waals surface area contributed by atoms with E-state index < -0.39 is 0 Å². The van der Waals surface area contributed by atoms with Crippen molar-refractivity contribution < 1.29 is 7.16 Å². The number of benzene rings is 3. The predicted molar refractivity (Wildman–Crippen MR) is 119 cm³/mol. The topological polar surface area (TPSA) is 38.9 Å². The van der Waals surface area contributed by atoms with Crippen molar-refractivity contribution in [1.29, 1.82) is 0 Å². The lowest BCUT2D eigenvalue weighted by molar-refractivity contribution is 0.567. The van der Waals surface area contributed by atoms with Crippen molar-refractivity contribution >= 4 is 21.9 Å². The minimum atomic E-state index is -0.368. The average molecular weight is 380 g/mol. The molecule has 0 aliphatic carbocycles. The van der Waals surface area contributed by atoms with Gasteiger partial charge >= 0.3 is 0 Å². The Labute approximate surface area is 172 Å². The molecule has 142 valence electrons. The summed E-state index contributed by atoms with van der Waals surface area (Å²) in [5, 5.41) is 2.00. The molecule has 0 saturated carbocycles. The Balaban J connectivity index is 1.80. The first kappa shape index (κ1) is 15.5. The summed E-state index contributed by atoms with van der Waals surface area (Å²) in [6.45, 7) is 5.97.